The number of hydrogen-bond donors (Lipinski definition) is 0. The summed E-state index contributed by atoms with van der Waals surface area (Å²) in [5, 5.41) is 0. The van der Waals surface area contributed by atoms with Gasteiger partial charge in [-0.05, 0) is 44.9 Å². The van der Waals surface area contributed by atoms with Gasteiger partial charge in [-0.25, -0.2) is 4.79 Å². The molecular formula is C17H20N2O4. The van der Waals surface area contributed by atoms with E-state index in [-0.39, 0.29) is 30.0 Å². The summed E-state index contributed by atoms with van der Waals surface area (Å²) < 4.78 is 4.95. The third-order valence-electron chi connectivity index (χ3n) is 4.35. The lowest BCUT2D eigenvalue weighted by Gasteiger charge is -2.21. The molecule has 1 atom stereocenters. The van der Waals surface area contributed by atoms with E-state index in [1.165, 1.54) is 4.90 Å². The smallest absolute Gasteiger partial charge is 0.410 e. The Morgan fingerprint density at radius 1 is 1.09 bits per heavy atom. The number of carbonyl (C=O) groups is 3. The van der Waals surface area contributed by atoms with Crippen molar-refractivity contribution in [2.75, 3.05) is 13.2 Å². The second-order valence-corrected chi connectivity index (χ2v) is 6.31. The maximum atomic E-state index is 12.4. The topological polar surface area (TPSA) is 66.9 Å². The second kappa shape index (κ2) is 5.68. The van der Waals surface area contributed by atoms with Gasteiger partial charge in [0.05, 0.1) is 17.7 Å². The maximum Gasteiger partial charge on any atom is 0.410 e. The Bertz CT molecular complexity index is 683. The molecule has 1 aromatic rings. The van der Waals surface area contributed by atoms with E-state index >= 15 is 0 Å². The van der Waals surface area contributed by atoms with Crippen LogP contribution < -0.4 is 0 Å². The first kappa shape index (κ1) is 15.5. The summed E-state index contributed by atoms with van der Waals surface area (Å²) in [6, 6.07) is 5.16. The van der Waals surface area contributed by atoms with Crippen molar-refractivity contribution in [3.8, 4) is 0 Å². The summed E-state index contributed by atoms with van der Waals surface area (Å²) in [6.07, 6.45) is 0.321. The number of benzene rings is 1. The molecular weight excluding hydrogens is 296 g/mol. The number of amides is 3. The summed E-state index contributed by atoms with van der Waals surface area (Å²) in [5.74, 6) is -0.474. The molecule has 0 bridgehead atoms. The van der Waals surface area contributed by atoms with E-state index < -0.39 is 0 Å². The number of fused-ring (bicyclic) bond motifs is 1. The fourth-order valence-electron chi connectivity index (χ4n) is 3.16. The number of nitrogens with zero attached hydrogens (tertiary/aromatic N) is 2. The van der Waals surface area contributed by atoms with Crippen LogP contribution in [0.1, 0.15) is 47.1 Å². The Morgan fingerprint density at radius 3 is 2.39 bits per heavy atom. The molecule has 0 aliphatic carbocycles. The largest absolute Gasteiger partial charge is 0.448 e. The fraction of sp³-hybridized carbons (Fsp3) is 0.471. The third-order valence-corrected chi connectivity index (χ3v) is 4.35. The van der Waals surface area contributed by atoms with Gasteiger partial charge in [0, 0.05) is 12.1 Å². The minimum atomic E-state index is -0.295. The number of hydrogen-bond acceptors (Lipinski definition) is 4. The lowest BCUT2D eigenvalue weighted by atomic mass is 10.0. The summed E-state index contributed by atoms with van der Waals surface area (Å²) in [5.41, 5.74) is 1.85. The molecule has 0 radical (unpaired) electrons. The van der Waals surface area contributed by atoms with Crippen LogP contribution in [0.15, 0.2) is 18.2 Å². The van der Waals surface area contributed by atoms with Gasteiger partial charge >= 0.3 is 6.09 Å². The van der Waals surface area contributed by atoms with Gasteiger partial charge in [-0.15, -0.1) is 0 Å². The van der Waals surface area contributed by atoms with Crippen molar-refractivity contribution in [3.05, 3.63) is 34.9 Å². The van der Waals surface area contributed by atoms with E-state index in [1.807, 2.05) is 26.8 Å². The van der Waals surface area contributed by atoms with Crippen LogP contribution in [0.5, 0.6) is 0 Å². The first-order valence-corrected chi connectivity index (χ1v) is 7.84. The molecule has 1 aromatic carbocycles. The molecule has 3 amide bonds. The fourth-order valence-corrected chi connectivity index (χ4v) is 3.16. The summed E-state index contributed by atoms with van der Waals surface area (Å²) in [4.78, 5) is 39.3. The highest BCUT2D eigenvalue weighted by molar-refractivity contribution is 6.21. The zero-order chi connectivity index (χ0) is 16.7. The molecule has 6 nitrogen and oxygen atoms in total. The van der Waals surface area contributed by atoms with Crippen LogP contribution in [0.3, 0.4) is 0 Å². The van der Waals surface area contributed by atoms with Crippen molar-refractivity contribution < 1.29 is 19.1 Å². The average molecular weight is 316 g/mol. The Labute approximate surface area is 135 Å². The lowest BCUT2D eigenvalue weighted by molar-refractivity contribution is 0.0609. The summed E-state index contributed by atoms with van der Waals surface area (Å²) >= 11 is 0. The van der Waals surface area contributed by atoms with E-state index in [9.17, 15) is 14.4 Å². The quantitative estimate of drug-likeness (QED) is 0.798. The highest BCUT2D eigenvalue weighted by atomic mass is 16.6. The number of ether oxygens (including phenoxy) is 1. The molecule has 1 unspecified atom stereocenters. The number of carbonyl (C=O) groups excluding carboxylic acids is 3. The molecule has 3 rings (SSSR count). The Balaban J connectivity index is 1.81. The Kier molecular flexibility index (Phi) is 3.83. The van der Waals surface area contributed by atoms with Crippen LogP contribution >= 0.6 is 0 Å². The van der Waals surface area contributed by atoms with Crippen LogP contribution in [0, 0.1) is 0 Å². The lowest BCUT2D eigenvalue weighted by Crippen LogP contribution is -2.36. The van der Waals surface area contributed by atoms with E-state index in [0.29, 0.717) is 30.7 Å². The second-order valence-electron chi connectivity index (χ2n) is 6.31. The van der Waals surface area contributed by atoms with Gasteiger partial charge in [-0.3, -0.25) is 14.5 Å². The van der Waals surface area contributed by atoms with E-state index in [1.54, 1.807) is 17.0 Å². The van der Waals surface area contributed by atoms with Crippen molar-refractivity contribution in [3.63, 3.8) is 0 Å². The predicted octanol–water partition coefficient (Wildman–Crippen LogP) is 2.07. The highest BCUT2D eigenvalue weighted by Crippen LogP contribution is 2.26. The molecule has 0 aromatic heterocycles. The van der Waals surface area contributed by atoms with Crippen molar-refractivity contribution in [2.24, 2.45) is 0 Å². The number of cyclic esters (lactones) is 1. The summed E-state index contributed by atoms with van der Waals surface area (Å²) in [6.45, 7) is 6.60. The van der Waals surface area contributed by atoms with Gasteiger partial charge in [0.15, 0.2) is 0 Å². The van der Waals surface area contributed by atoms with E-state index in [4.69, 9.17) is 4.74 Å². The zero-order valence-electron chi connectivity index (χ0n) is 13.5. The first-order chi connectivity index (χ1) is 10.9. The maximum absolute atomic E-state index is 12.4. The van der Waals surface area contributed by atoms with Crippen molar-refractivity contribution in [2.45, 2.75) is 39.3 Å². The molecule has 2 heterocycles. The zero-order valence-corrected chi connectivity index (χ0v) is 13.5. The van der Waals surface area contributed by atoms with E-state index in [2.05, 4.69) is 0 Å². The van der Waals surface area contributed by atoms with Crippen molar-refractivity contribution >= 4 is 17.9 Å². The monoisotopic (exact) mass is 316 g/mol. The van der Waals surface area contributed by atoms with Gasteiger partial charge < -0.3 is 9.64 Å². The van der Waals surface area contributed by atoms with Gasteiger partial charge in [0.1, 0.15) is 6.61 Å². The molecule has 6 heteroatoms. The van der Waals surface area contributed by atoms with Gasteiger partial charge in [-0.1, -0.05) is 6.07 Å². The minimum absolute atomic E-state index is 0.0172. The highest BCUT2D eigenvalue weighted by Gasteiger charge is 2.37. The molecule has 1 fully saturated rings. The van der Waals surface area contributed by atoms with Gasteiger partial charge in [0.25, 0.3) is 11.8 Å². The number of rotatable bonds is 4. The van der Waals surface area contributed by atoms with Gasteiger partial charge in [0.2, 0.25) is 0 Å². The van der Waals surface area contributed by atoms with Crippen LogP contribution in [-0.4, -0.2) is 52.9 Å². The molecule has 2 aliphatic heterocycles. The standard InChI is InChI=1S/C17H20N2O4/c1-10(2)19-15(20)13-5-4-12(9-14(13)16(19)21)8-11(3)18-6-7-23-17(18)22/h4-5,9-11H,6-8H2,1-3H3. The van der Waals surface area contributed by atoms with Crippen LogP contribution in [-0.2, 0) is 11.2 Å². The molecule has 2 aliphatic rings. The minimum Gasteiger partial charge on any atom is -0.448 e. The van der Waals surface area contributed by atoms with Crippen LogP contribution in [0.4, 0.5) is 4.79 Å². The molecule has 0 saturated carbocycles. The van der Waals surface area contributed by atoms with Crippen molar-refractivity contribution in [1.29, 1.82) is 0 Å². The van der Waals surface area contributed by atoms with E-state index in [0.717, 1.165) is 5.56 Å². The number of imide groups is 1. The normalized spacial score (nSPS) is 18.7. The van der Waals surface area contributed by atoms with Gasteiger partial charge in [-0.2, -0.15) is 0 Å². The molecule has 0 spiro atoms. The van der Waals surface area contributed by atoms with Crippen molar-refractivity contribution in [1.82, 2.24) is 9.80 Å². The average Bonchev–Trinajstić information content (AvgIpc) is 3.02. The predicted molar refractivity (Wildman–Crippen MR) is 83.3 cm³/mol. The molecule has 0 N–H and O–H groups in total. The Morgan fingerprint density at radius 2 is 1.78 bits per heavy atom. The van der Waals surface area contributed by atoms with Crippen LogP contribution in [0.2, 0.25) is 0 Å². The third kappa shape index (κ3) is 2.58. The molecule has 122 valence electrons. The molecule has 1 saturated heterocycles. The SMILES string of the molecule is CC(Cc1ccc2c(c1)C(=O)N(C(C)C)C2=O)N1CCOC1=O. The summed E-state index contributed by atoms with van der Waals surface area (Å²) in [7, 11) is 0. The molecule has 23 heavy (non-hydrogen) atoms. The first-order valence-electron chi connectivity index (χ1n) is 7.84. The van der Waals surface area contributed by atoms with Crippen LogP contribution in [0.25, 0.3) is 0 Å². The Hall–Kier alpha value is -2.37.